The molecule has 0 aliphatic carbocycles. The maximum Gasteiger partial charge on any atom is 0.271 e. The Labute approximate surface area is 120 Å². The predicted molar refractivity (Wildman–Crippen MR) is 78.3 cm³/mol. The molecule has 6 heteroatoms. The molecule has 0 radical (unpaired) electrons. The van der Waals surface area contributed by atoms with Gasteiger partial charge in [0.25, 0.3) is 5.69 Å². The van der Waals surface area contributed by atoms with E-state index in [1.54, 1.807) is 29.1 Å². The minimum Gasteiger partial charge on any atom is -0.357 e. The number of aromatic nitrogens is 2. The summed E-state index contributed by atoms with van der Waals surface area (Å²) in [5, 5.41) is 11.7. The summed E-state index contributed by atoms with van der Waals surface area (Å²) in [5.74, 6) is -0.0281. The molecule has 6 nitrogen and oxygen atoms in total. The van der Waals surface area contributed by atoms with Gasteiger partial charge in [0.2, 0.25) is 0 Å². The molecule has 1 aromatic carbocycles. The molecular weight excluding hydrogens is 270 g/mol. The molecule has 0 bridgehead atoms. The van der Waals surface area contributed by atoms with E-state index < -0.39 is 4.92 Å². The van der Waals surface area contributed by atoms with Gasteiger partial charge in [0.05, 0.1) is 17.0 Å². The molecule has 0 saturated heterocycles. The van der Waals surface area contributed by atoms with Crippen molar-refractivity contribution >= 4 is 22.4 Å². The summed E-state index contributed by atoms with van der Waals surface area (Å²) in [5.41, 5.74) is 1.34. The standard InChI is InChI=1S/C15H13N3O3/c1-16-6-4-12(9-16)15(19)10-17-7-5-11-2-3-13(18(20)21)8-14(11)17/h2-9H,10H2,1H3. The van der Waals surface area contributed by atoms with Gasteiger partial charge in [0.15, 0.2) is 5.78 Å². The van der Waals surface area contributed by atoms with E-state index in [4.69, 9.17) is 0 Å². The lowest BCUT2D eigenvalue weighted by Crippen LogP contribution is -2.08. The largest absolute Gasteiger partial charge is 0.357 e. The summed E-state index contributed by atoms with van der Waals surface area (Å²) in [6.07, 6.45) is 5.34. The second kappa shape index (κ2) is 4.90. The van der Waals surface area contributed by atoms with Gasteiger partial charge in [-0.25, -0.2) is 0 Å². The third kappa shape index (κ3) is 2.43. The van der Waals surface area contributed by atoms with Crippen molar-refractivity contribution in [2.45, 2.75) is 6.54 Å². The van der Waals surface area contributed by atoms with Crippen LogP contribution in [0.3, 0.4) is 0 Å². The summed E-state index contributed by atoms with van der Waals surface area (Å²) < 4.78 is 3.55. The number of hydrogen-bond acceptors (Lipinski definition) is 3. The van der Waals surface area contributed by atoms with Crippen LogP contribution in [-0.4, -0.2) is 19.8 Å². The molecule has 0 N–H and O–H groups in total. The molecule has 0 unspecified atom stereocenters. The Hall–Kier alpha value is -2.89. The normalized spacial score (nSPS) is 10.9. The smallest absolute Gasteiger partial charge is 0.271 e. The van der Waals surface area contributed by atoms with Crippen molar-refractivity contribution in [3.63, 3.8) is 0 Å². The summed E-state index contributed by atoms with van der Waals surface area (Å²) >= 11 is 0. The zero-order valence-electron chi connectivity index (χ0n) is 11.4. The molecule has 0 amide bonds. The number of ketones is 1. The van der Waals surface area contributed by atoms with Crippen molar-refractivity contribution < 1.29 is 9.72 Å². The van der Waals surface area contributed by atoms with Crippen LogP contribution in [0.25, 0.3) is 10.9 Å². The van der Waals surface area contributed by atoms with E-state index in [1.807, 2.05) is 23.9 Å². The van der Waals surface area contributed by atoms with E-state index in [1.165, 1.54) is 12.1 Å². The highest BCUT2D eigenvalue weighted by molar-refractivity contribution is 5.96. The highest BCUT2D eigenvalue weighted by atomic mass is 16.6. The van der Waals surface area contributed by atoms with Gasteiger partial charge < -0.3 is 9.13 Å². The van der Waals surface area contributed by atoms with Crippen LogP contribution in [0, 0.1) is 10.1 Å². The van der Waals surface area contributed by atoms with Gasteiger partial charge in [0, 0.05) is 48.7 Å². The van der Waals surface area contributed by atoms with E-state index in [0.29, 0.717) is 11.1 Å². The van der Waals surface area contributed by atoms with Crippen molar-refractivity contribution in [2.75, 3.05) is 0 Å². The second-order valence-corrected chi connectivity index (χ2v) is 4.93. The van der Waals surface area contributed by atoms with E-state index in [2.05, 4.69) is 0 Å². The lowest BCUT2D eigenvalue weighted by atomic mass is 10.2. The van der Waals surface area contributed by atoms with Crippen LogP contribution in [0.1, 0.15) is 10.4 Å². The molecule has 3 aromatic rings. The monoisotopic (exact) mass is 283 g/mol. The van der Waals surface area contributed by atoms with Crippen molar-refractivity contribution in [3.05, 3.63) is 64.6 Å². The van der Waals surface area contributed by atoms with Gasteiger partial charge in [-0.3, -0.25) is 14.9 Å². The van der Waals surface area contributed by atoms with Crippen molar-refractivity contribution in [3.8, 4) is 0 Å². The molecular formula is C15H13N3O3. The molecule has 0 atom stereocenters. The van der Waals surface area contributed by atoms with Gasteiger partial charge in [-0.15, -0.1) is 0 Å². The number of rotatable bonds is 4. The number of Topliss-reactive ketones (excluding diaryl/α,β-unsaturated/α-hetero) is 1. The first-order valence-corrected chi connectivity index (χ1v) is 6.43. The number of fused-ring (bicyclic) bond motifs is 1. The molecule has 2 aromatic heterocycles. The average molecular weight is 283 g/mol. The highest BCUT2D eigenvalue weighted by Crippen LogP contribution is 2.22. The second-order valence-electron chi connectivity index (χ2n) is 4.93. The van der Waals surface area contributed by atoms with Crippen LogP contribution < -0.4 is 0 Å². The summed E-state index contributed by atoms with van der Waals surface area (Å²) in [6, 6.07) is 8.25. The van der Waals surface area contributed by atoms with Gasteiger partial charge in [-0.2, -0.15) is 0 Å². The first-order valence-electron chi connectivity index (χ1n) is 6.43. The molecule has 106 valence electrons. The first kappa shape index (κ1) is 13.1. The fourth-order valence-electron chi connectivity index (χ4n) is 2.34. The zero-order chi connectivity index (χ0) is 15.0. The van der Waals surface area contributed by atoms with E-state index in [-0.39, 0.29) is 18.0 Å². The highest BCUT2D eigenvalue weighted by Gasteiger charge is 2.12. The van der Waals surface area contributed by atoms with Gasteiger partial charge in [-0.1, -0.05) is 0 Å². The molecule has 0 fully saturated rings. The summed E-state index contributed by atoms with van der Waals surface area (Å²) in [7, 11) is 1.85. The van der Waals surface area contributed by atoms with Crippen molar-refractivity contribution in [1.29, 1.82) is 0 Å². The summed E-state index contributed by atoms with van der Waals surface area (Å²) in [6.45, 7) is 0.161. The van der Waals surface area contributed by atoms with Gasteiger partial charge >= 0.3 is 0 Å². The number of aryl methyl sites for hydroxylation is 1. The Morgan fingerprint density at radius 1 is 1.24 bits per heavy atom. The Morgan fingerprint density at radius 2 is 2.05 bits per heavy atom. The first-order chi connectivity index (χ1) is 10.0. The molecule has 21 heavy (non-hydrogen) atoms. The minimum absolute atomic E-state index is 0.0228. The predicted octanol–water partition coefficient (Wildman–Crippen LogP) is 2.77. The van der Waals surface area contributed by atoms with E-state index in [9.17, 15) is 14.9 Å². The number of benzene rings is 1. The fraction of sp³-hybridized carbons (Fsp3) is 0.133. The average Bonchev–Trinajstić information content (AvgIpc) is 3.05. The van der Waals surface area contributed by atoms with Gasteiger partial charge in [-0.05, 0) is 18.2 Å². The van der Waals surface area contributed by atoms with E-state index >= 15 is 0 Å². The van der Waals surface area contributed by atoms with Gasteiger partial charge in [0.1, 0.15) is 0 Å². The Kier molecular flexibility index (Phi) is 3.06. The number of nitro benzene ring substituents is 1. The van der Waals surface area contributed by atoms with Crippen LogP contribution in [0.15, 0.2) is 48.9 Å². The van der Waals surface area contributed by atoms with Crippen LogP contribution >= 0.6 is 0 Å². The fourth-order valence-corrected chi connectivity index (χ4v) is 2.34. The number of carbonyl (C=O) groups is 1. The minimum atomic E-state index is -0.435. The van der Waals surface area contributed by atoms with Crippen molar-refractivity contribution in [2.24, 2.45) is 7.05 Å². The third-order valence-electron chi connectivity index (χ3n) is 3.44. The van der Waals surface area contributed by atoms with E-state index in [0.717, 1.165) is 5.39 Å². The van der Waals surface area contributed by atoms with Crippen LogP contribution in [0.4, 0.5) is 5.69 Å². The molecule has 0 saturated carbocycles. The van der Waals surface area contributed by atoms with Crippen molar-refractivity contribution in [1.82, 2.24) is 9.13 Å². The zero-order valence-corrected chi connectivity index (χ0v) is 11.4. The lowest BCUT2D eigenvalue weighted by Gasteiger charge is -2.03. The number of carbonyl (C=O) groups excluding carboxylic acids is 1. The third-order valence-corrected chi connectivity index (χ3v) is 3.44. The molecule has 2 heterocycles. The maximum atomic E-state index is 12.2. The number of nitro groups is 1. The Morgan fingerprint density at radius 3 is 2.71 bits per heavy atom. The lowest BCUT2D eigenvalue weighted by molar-refractivity contribution is -0.384. The number of nitrogens with zero attached hydrogens (tertiary/aromatic N) is 3. The van der Waals surface area contributed by atoms with Crippen LogP contribution in [-0.2, 0) is 13.6 Å². The number of hydrogen-bond donors (Lipinski definition) is 0. The molecule has 0 aliphatic rings. The van der Waals surface area contributed by atoms with Crippen LogP contribution in [0.5, 0.6) is 0 Å². The topological polar surface area (TPSA) is 70.1 Å². The summed E-state index contributed by atoms with van der Waals surface area (Å²) in [4.78, 5) is 22.6. The molecule has 3 rings (SSSR count). The Bertz CT molecular complexity index is 845. The maximum absolute atomic E-state index is 12.2. The molecule has 0 spiro atoms. The van der Waals surface area contributed by atoms with Crippen LogP contribution in [0.2, 0.25) is 0 Å². The molecule has 0 aliphatic heterocycles. The quantitative estimate of drug-likeness (QED) is 0.420. The Balaban J connectivity index is 1.95. The SMILES string of the molecule is Cn1ccc(C(=O)Cn2ccc3ccc([N+](=O)[O-])cc32)c1. The number of non-ortho nitro benzene ring substituents is 1.